The van der Waals surface area contributed by atoms with Crippen LogP contribution >= 0.6 is 12.2 Å². The quantitative estimate of drug-likeness (QED) is 0.338. The number of carbonyl (C=O) groups excluding carboxylic acids is 1. The fourth-order valence-electron chi connectivity index (χ4n) is 3.71. The molecule has 0 saturated carbocycles. The Kier molecular flexibility index (Phi) is 7.02. The lowest BCUT2D eigenvalue weighted by Crippen LogP contribution is -2.33. The molecule has 5 nitrogen and oxygen atoms in total. The smallest absolute Gasteiger partial charge is 0.416 e. The molecule has 1 aromatic heterocycles. The van der Waals surface area contributed by atoms with Gasteiger partial charge in [-0.3, -0.25) is 10.1 Å². The van der Waals surface area contributed by atoms with E-state index in [0.717, 1.165) is 43.6 Å². The number of hydrogen-bond acceptors (Lipinski definition) is 4. The normalized spacial score (nSPS) is 13.9. The number of furan rings is 1. The van der Waals surface area contributed by atoms with E-state index in [9.17, 15) is 18.0 Å². The van der Waals surface area contributed by atoms with Crippen LogP contribution in [0.5, 0.6) is 0 Å². The summed E-state index contributed by atoms with van der Waals surface area (Å²) in [5.41, 5.74) is 0.928. The summed E-state index contributed by atoms with van der Waals surface area (Å²) in [7, 11) is 0. The van der Waals surface area contributed by atoms with E-state index in [4.69, 9.17) is 16.6 Å². The van der Waals surface area contributed by atoms with Crippen molar-refractivity contribution in [1.29, 1.82) is 0 Å². The van der Waals surface area contributed by atoms with Gasteiger partial charge in [0.15, 0.2) is 5.11 Å². The molecule has 2 heterocycles. The molecule has 9 heteroatoms. The maximum atomic E-state index is 13.2. The molecule has 1 saturated heterocycles. The van der Waals surface area contributed by atoms with Crippen molar-refractivity contribution >= 4 is 40.7 Å². The molecule has 0 radical (unpaired) electrons. The lowest BCUT2D eigenvalue weighted by atomic mass is 10.1. The van der Waals surface area contributed by atoms with Crippen molar-refractivity contribution in [2.45, 2.75) is 19.0 Å². The number of rotatable bonds is 5. The third kappa shape index (κ3) is 5.85. The van der Waals surface area contributed by atoms with Gasteiger partial charge in [0.1, 0.15) is 11.5 Å². The van der Waals surface area contributed by atoms with Gasteiger partial charge in [0.25, 0.3) is 0 Å². The predicted octanol–water partition coefficient (Wildman–Crippen LogP) is 6.09. The van der Waals surface area contributed by atoms with Gasteiger partial charge in [0, 0.05) is 24.7 Å². The second-order valence-corrected chi connectivity index (χ2v) is 8.18. The summed E-state index contributed by atoms with van der Waals surface area (Å²) in [6, 6.07) is 16.5. The minimum atomic E-state index is -4.49. The Balaban J connectivity index is 1.42. The van der Waals surface area contributed by atoms with E-state index in [1.54, 1.807) is 12.1 Å². The van der Waals surface area contributed by atoms with Crippen LogP contribution in [0.15, 0.2) is 71.2 Å². The molecular formula is C25H22F3N3O2S. The van der Waals surface area contributed by atoms with Crippen LogP contribution in [-0.4, -0.2) is 24.1 Å². The minimum Gasteiger partial charge on any atom is -0.457 e. The summed E-state index contributed by atoms with van der Waals surface area (Å²) < 4.78 is 45.4. The average molecular weight is 486 g/mol. The minimum absolute atomic E-state index is 0.0983. The van der Waals surface area contributed by atoms with Gasteiger partial charge >= 0.3 is 6.18 Å². The highest BCUT2D eigenvalue weighted by atomic mass is 32.1. The van der Waals surface area contributed by atoms with Gasteiger partial charge in [-0.15, -0.1) is 0 Å². The Labute approximate surface area is 200 Å². The van der Waals surface area contributed by atoms with Gasteiger partial charge in [-0.25, -0.2) is 0 Å². The van der Waals surface area contributed by atoms with Crippen molar-refractivity contribution in [1.82, 2.24) is 5.32 Å². The monoisotopic (exact) mass is 485 g/mol. The summed E-state index contributed by atoms with van der Waals surface area (Å²) in [4.78, 5) is 14.3. The van der Waals surface area contributed by atoms with Crippen LogP contribution < -0.4 is 15.5 Å². The molecule has 4 rings (SSSR count). The van der Waals surface area contributed by atoms with Gasteiger partial charge in [0.2, 0.25) is 5.91 Å². The molecule has 1 amide bonds. The molecule has 2 aromatic carbocycles. The number of halogens is 3. The number of hydrogen-bond donors (Lipinski definition) is 2. The number of amides is 1. The van der Waals surface area contributed by atoms with Crippen molar-refractivity contribution in [2.75, 3.05) is 23.3 Å². The highest BCUT2D eigenvalue weighted by Gasteiger charge is 2.31. The summed E-state index contributed by atoms with van der Waals surface area (Å²) in [6.07, 6.45) is 0.172. The molecule has 0 aliphatic carbocycles. The lowest BCUT2D eigenvalue weighted by molar-refractivity contribution is -0.137. The number of nitrogens with one attached hydrogen (secondary N) is 2. The van der Waals surface area contributed by atoms with Crippen LogP contribution in [0, 0.1) is 0 Å². The molecule has 0 atom stereocenters. The molecule has 0 unspecified atom stereocenters. The molecule has 176 valence electrons. The molecule has 2 N–H and O–H groups in total. The van der Waals surface area contributed by atoms with Gasteiger partial charge in [-0.05, 0) is 61.5 Å². The zero-order chi connectivity index (χ0) is 24.1. The van der Waals surface area contributed by atoms with E-state index in [-0.39, 0.29) is 10.8 Å². The van der Waals surface area contributed by atoms with Crippen LogP contribution in [0.1, 0.15) is 24.2 Å². The van der Waals surface area contributed by atoms with E-state index in [1.807, 2.05) is 35.2 Å². The fourth-order valence-corrected chi connectivity index (χ4v) is 3.92. The first kappa shape index (κ1) is 23.6. The van der Waals surface area contributed by atoms with Crippen molar-refractivity contribution in [2.24, 2.45) is 0 Å². The van der Waals surface area contributed by atoms with Crippen molar-refractivity contribution in [3.05, 3.63) is 78.1 Å². The van der Waals surface area contributed by atoms with E-state index < -0.39 is 17.6 Å². The Morgan fingerprint density at radius 3 is 2.47 bits per heavy atom. The number of nitrogens with zero attached hydrogens (tertiary/aromatic N) is 1. The third-order valence-electron chi connectivity index (χ3n) is 5.34. The number of thiocarbonyl (C=S) groups is 1. The SMILES string of the molecule is O=C(/C=C/c1ccc(-c2ccccc2)o1)NC(=S)Nc1cc(C(F)(F)F)ccc1N1CCCC1. The fraction of sp³-hybridized carbons (Fsp3) is 0.200. The summed E-state index contributed by atoms with van der Waals surface area (Å²) in [6.45, 7) is 1.49. The first-order valence-corrected chi connectivity index (χ1v) is 11.1. The van der Waals surface area contributed by atoms with Gasteiger partial charge in [-0.1, -0.05) is 30.3 Å². The number of alkyl halides is 3. The zero-order valence-electron chi connectivity index (χ0n) is 18.1. The molecule has 1 fully saturated rings. The van der Waals surface area contributed by atoms with Crippen LogP contribution in [-0.2, 0) is 11.0 Å². The van der Waals surface area contributed by atoms with Crippen LogP contribution in [0.3, 0.4) is 0 Å². The topological polar surface area (TPSA) is 57.5 Å². The third-order valence-corrected chi connectivity index (χ3v) is 5.54. The number of benzene rings is 2. The molecule has 0 bridgehead atoms. The molecular weight excluding hydrogens is 463 g/mol. The molecule has 0 spiro atoms. The van der Waals surface area contributed by atoms with Crippen LogP contribution in [0.4, 0.5) is 24.5 Å². The molecule has 3 aromatic rings. The molecule has 1 aliphatic rings. The van der Waals surface area contributed by atoms with E-state index >= 15 is 0 Å². The number of anilines is 2. The Morgan fingerprint density at radius 1 is 1.03 bits per heavy atom. The van der Waals surface area contributed by atoms with Crippen LogP contribution in [0.2, 0.25) is 0 Å². The van der Waals surface area contributed by atoms with Crippen LogP contribution in [0.25, 0.3) is 17.4 Å². The molecule has 34 heavy (non-hydrogen) atoms. The van der Waals surface area contributed by atoms with Gasteiger partial charge in [-0.2, -0.15) is 13.2 Å². The Morgan fingerprint density at radius 2 is 1.76 bits per heavy atom. The predicted molar refractivity (Wildman–Crippen MR) is 130 cm³/mol. The highest BCUT2D eigenvalue weighted by Crippen LogP contribution is 2.36. The van der Waals surface area contributed by atoms with Crippen molar-refractivity contribution < 1.29 is 22.4 Å². The highest BCUT2D eigenvalue weighted by molar-refractivity contribution is 7.80. The average Bonchev–Trinajstić information content (AvgIpc) is 3.50. The Bertz CT molecular complexity index is 1200. The summed E-state index contributed by atoms with van der Waals surface area (Å²) in [5.74, 6) is 0.601. The summed E-state index contributed by atoms with van der Waals surface area (Å²) in [5, 5.41) is 5.12. The van der Waals surface area contributed by atoms with Gasteiger partial charge < -0.3 is 14.6 Å². The Hall–Kier alpha value is -3.59. The van der Waals surface area contributed by atoms with E-state index in [1.165, 1.54) is 18.2 Å². The van der Waals surface area contributed by atoms with E-state index in [2.05, 4.69) is 10.6 Å². The maximum absolute atomic E-state index is 13.2. The summed E-state index contributed by atoms with van der Waals surface area (Å²) >= 11 is 5.18. The standard InChI is InChI=1S/C25H22F3N3O2S/c26-25(27,28)18-8-11-21(31-14-4-5-15-31)20(16-18)29-24(34)30-23(32)13-10-19-9-12-22(33-19)17-6-2-1-3-7-17/h1-3,6-13,16H,4-5,14-15H2,(H2,29,30,32,34)/b13-10+. The van der Waals surface area contributed by atoms with Crippen molar-refractivity contribution in [3.63, 3.8) is 0 Å². The molecule has 1 aliphatic heterocycles. The largest absolute Gasteiger partial charge is 0.457 e. The first-order chi connectivity index (χ1) is 16.3. The van der Waals surface area contributed by atoms with Gasteiger partial charge in [0.05, 0.1) is 16.9 Å². The second kappa shape index (κ2) is 10.1. The van der Waals surface area contributed by atoms with E-state index in [0.29, 0.717) is 17.2 Å². The zero-order valence-corrected chi connectivity index (χ0v) is 18.9. The number of carbonyl (C=O) groups is 1. The maximum Gasteiger partial charge on any atom is 0.416 e. The van der Waals surface area contributed by atoms with Crippen molar-refractivity contribution in [3.8, 4) is 11.3 Å². The second-order valence-electron chi connectivity index (χ2n) is 7.77. The first-order valence-electron chi connectivity index (χ1n) is 10.7. The lowest BCUT2D eigenvalue weighted by Gasteiger charge is -2.23.